The molecule has 0 saturated carbocycles. The van der Waals surface area contributed by atoms with Crippen LogP contribution in [0.2, 0.25) is 0 Å². The van der Waals surface area contributed by atoms with Crippen LogP contribution in [0.15, 0.2) is 188 Å². The van der Waals surface area contributed by atoms with Gasteiger partial charge in [0.15, 0.2) is 17.5 Å². The molecule has 0 unspecified atom stereocenters. The standard InChI is InChI=1S/C54H37N3/c1-54(2)48-23-12-11-20-43(48)44-30-29-39(33-49(44)54)40-21-13-22-45-41-18-9-10-19-42(41)47-32-38(28-31-46(47)50(40)45)34-24-26-37(27-25-34)53-56-51(35-14-5-3-6-15-35)55-52(57-53)36-16-7-4-8-17-36/h3-33H,1-2H3. The predicted octanol–water partition coefficient (Wildman–Crippen LogP) is 14.0. The molecule has 0 amide bonds. The van der Waals surface area contributed by atoms with E-state index in [-0.39, 0.29) is 5.41 Å². The monoisotopic (exact) mass is 727 g/mol. The Kier molecular flexibility index (Phi) is 7.52. The molecule has 0 atom stereocenters. The van der Waals surface area contributed by atoms with Crippen LogP contribution in [0.3, 0.4) is 0 Å². The second kappa shape index (κ2) is 12.9. The van der Waals surface area contributed by atoms with E-state index in [1.807, 2.05) is 60.7 Å². The molecule has 0 spiro atoms. The van der Waals surface area contributed by atoms with Crippen molar-refractivity contribution in [2.75, 3.05) is 0 Å². The molecule has 1 aliphatic carbocycles. The zero-order valence-corrected chi connectivity index (χ0v) is 31.7. The van der Waals surface area contributed by atoms with Crippen molar-refractivity contribution in [2.45, 2.75) is 19.3 Å². The van der Waals surface area contributed by atoms with Gasteiger partial charge in [-0.3, -0.25) is 0 Å². The number of rotatable bonds is 5. The number of fused-ring (bicyclic) bond motifs is 9. The van der Waals surface area contributed by atoms with Crippen LogP contribution < -0.4 is 0 Å². The van der Waals surface area contributed by atoms with Crippen molar-refractivity contribution in [3.63, 3.8) is 0 Å². The molecule has 10 aromatic rings. The molecule has 1 aliphatic rings. The largest absolute Gasteiger partial charge is 0.208 e. The van der Waals surface area contributed by atoms with Crippen LogP contribution in [0.1, 0.15) is 25.0 Å². The minimum absolute atomic E-state index is 0.0658. The smallest absolute Gasteiger partial charge is 0.164 e. The Morgan fingerprint density at radius 1 is 0.298 bits per heavy atom. The Labute approximate surface area is 332 Å². The molecule has 0 aliphatic heterocycles. The summed E-state index contributed by atoms with van der Waals surface area (Å²) in [4.78, 5) is 14.8. The van der Waals surface area contributed by atoms with E-state index in [4.69, 9.17) is 15.0 Å². The molecular weight excluding hydrogens is 691 g/mol. The van der Waals surface area contributed by atoms with Crippen LogP contribution in [0.4, 0.5) is 0 Å². The van der Waals surface area contributed by atoms with Crippen LogP contribution in [0, 0.1) is 0 Å². The highest BCUT2D eigenvalue weighted by Gasteiger charge is 2.35. The molecule has 0 radical (unpaired) electrons. The molecule has 57 heavy (non-hydrogen) atoms. The Morgan fingerprint density at radius 3 is 1.46 bits per heavy atom. The summed E-state index contributed by atoms with van der Waals surface area (Å²) in [6.07, 6.45) is 0. The predicted molar refractivity (Wildman–Crippen MR) is 237 cm³/mol. The average Bonchev–Trinajstić information content (AvgIpc) is 3.51. The molecule has 11 rings (SSSR count). The topological polar surface area (TPSA) is 38.7 Å². The van der Waals surface area contributed by atoms with E-state index in [2.05, 4.69) is 141 Å². The molecule has 1 heterocycles. The van der Waals surface area contributed by atoms with E-state index in [9.17, 15) is 0 Å². The van der Waals surface area contributed by atoms with Gasteiger partial charge in [-0.05, 0) is 89.0 Å². The number of nitrogens with zero attached hydrogens (tertiary/aromatic N) is 3. The second-order valence-electron chi connectivity index (χ2n) is 15.6. The summed E-state index contributed by atoms with van der Waals surface area (Å²) in [5.74, 6) is 1.96. The summed E-state index contributed by atoms with van der Waals surface area (Å²) in [6, 6.07) is 67.4. The van der Waals surface area contributed by atoms with Gasteiger partial charge in [0.05, 0.1) is 0 Å². The summed E-state index contributed by atoms with van der Waals surface area (Å²) in [5, 5.41) is 7.60. The molecule has 0 fully saturated rings. The van der Waals surface area contributed by atoms with Crippen LogP contribution in [0.25, 0.3) is 99.9 Å². The summed E-state index contributed by atoms with van der Waals surface area (Å²) in [6.45, 7) is 4.71. The minimum atomic E-state index is -0.0658. The summed E-state index contributed by atoms with van der Waals surface area (Å²) < 4.78 is 0. The first-order valence-electron chi connectivity index (χ1n) is 19.6. The van der Waals surface area contributed by atoms with Crippen molar-refractivity contribution in [3.05, 3.63) is 199 Å². The quantitative estimate of drug-likeness (QED) is 0.166. The molecular formula is C54H37N3. The molecule has 0 saturated heterocycles. The van der Waals surface area contributed by atoms with Gasteiger partial charge >= 0.3 is 0 Å². The molecule has 268 valence electrons. The van der Waals surface area contributed by atoms with Crippen molar-refractivity contribution in [1.29, 1.82) is 0 Å². The lowest BCUT2D eigenvalue weighted by atomic mass is 9.81. The van der Waals surface area contributed by atoms with E-state index < -0.39 is 0 Å². The Balaban J connectivity index is 1.03. The van der Waals surface area contributed by atoms with E-state index in [1.165, 1.54) is 71.3 Å². The Morgan fingerprint density at radius 2 is 0.772 bits per heavy atom. The molecule has 3 nitrogen and oxygen atoms in total. The third-order valence-corrected chi connectivity index (χ3v) is 11.9. The van der Waals surface area contributed by atoms with Crippen molar-refractivity contribution >= 4 is 32.3 Å². The minimum Gasteiger partial charge on any atom is -0.208 e. The number of aromatic nitrogens is 3. The van der Waals surface area contributed by atoms with Gasteiger partial charge in [-0.15, -0.1) is 0 Å². The van der Waals surface area contributed by atoms with Gasteiger partial charge in [0, 0.05) is 22.1 Å². The van der Waals surface area contributed by atoms with E-state index in [1.54, 1.807) is 0 Å². The summed E-state index contributed by atoms with van der Waals surface area (Å²) in [7, 11) is 0. The fourth-order valence-electron chi connectivity index (χ4n) is 9.05. The zero-order chi connectivity index (χ0) is 38.1. The second-order valence-corrected chi connectivity index (χ2v) is 15.6. The van der Waals surface area contributed by atoms with E-state index in [0.717, 1.165) is 22.3 Å². The Hall–Kier alpha value is -7.23. The fourth-order valence-corrected chi connectivity index (χ4v) is 9.05. The van der Waals surface area contributed by atoms with Gasteiger partial charge in [0.25, 0.3) is 0 Å². The lowest BCUT2D eigenvalue weighted by Crippen LogP contribution is -2.14. The first-order valence-corrected chi connectivity index (χ1v) is 19.6. The van der Waals surface area contributed by atoms with Crippen LogP contribution in [-0.2, 0) is 5.41 Å². The van der Waals surface area contributed by atoms with Crippen molar-refractivity contribution < 1.29 is 0 Å². The van der Waals surface area contributed by atoms with Crippen molar-refractivity contribution in [1.82, 2.24) is 15.0 Å². The highest BCUT2D eigenvalue weighted by Crippen LogP contribution is 2.50. The van der Waals surface area contributed by atoms with Crippen molar-refractivity contribution in [2.24, 2.45) is 0 Å². The lowest BCUT2D eigenvalue weighted by molar-refractivity contribution is 0.660. The lowest BCUT2D eigenvalue weighted by Gasteiger charge is -2.22. The number of hydrogen-bond donors (Lipinski definition) is 0. The highest BCUT2D eigenvalue weighted by atomic mass is 15.0. The van der Waals surface area contributed by atoms with Gasteiger partial charge in [-0.1, -0.05) is 190 Å². The van der Waals surface area contributed by atoms with Gasteiger partial charge in [0.1, 0.15) is 0 Å². The van der Waals surface area contributed by atoms with Crippen LogP contribution in [0.5, 0.6) is 0 Å². The van der Waals surface area contributed by atoms with E-state index in [0.29, 0.717) is 17.5 Å². The maximum atomic E-state index is 4.95. The number of hydrogen-bond acceptors (Lipinski definition) is 3. The van der Waals surface area contributed by atoms with Gasteiger partial charge in [-0.25, -0.2) is 15.0 Å². The third kappa shape index (κ3) is 5.38. The average molecular weight is 728 g/mol. The molecule has 3 heteroatoms. The zero-order valence-electron chi connectivity index (χ0n) is 31.7. The van der Waals surface area contributed by atoms with Gasteiger partial charge < -0.3 is 0 Å². The van der Waals surface area contributed by atoms with Gasteiger partial charge in [0.2, 0.25) is 0 Å². The maximum absolute atomic E-state index is 4.95. The van der Waals surface area contributed by atoms with Crippen molar-refractivity contribution in [3.8, 4) is 67.5 Å². The van der Waals surface area contributed by atoms with Crippen LogP contribution in [-0.4, -0.2) is 15.0 Å². The first kappa shape index (κ1) is 33.1. The molecule has 9 aromatic carbocycles. The Bertz CT molecular complexity index is 3130. The highest BCUT2D eigenvalue weighted by molar-refractivity contribution is 6.28. The maximum Gasteiger partial charge on any atom is 0.164 e. The van der Waals surface area contributed by atoms with Crippen LogP contribution >= 0.6 is 0 Å². The fraction of sp³-hybridized carbons (Fsp3) is 0.0556. The first-order chi connectivity index (χ1) is 28.0. The SMILES string of the molecule is CC1(C)c2ccccc2-c2ccc(-c3cccc4c5ccccc5c5cc(-c6ccc(-c7nc(-c8ccccc8)nc(-c8ccccc8)n7)cc6)ccc5c34)cc21. The number of benzene rings is 9. The molecule has 1 aromatic heterocycles. The summed E-state index contributed by atoms with van der Waals surface area (Å²) >= 11 is 0. The van der Waals surface area contributed by atoms with Gasteiger partial charge in [-0.2, -0.15) is 0 Å². The van der Waals surface area contributed by atoms with E-state index >= 15 is 0 Å². The molecule has 0 bridgehead atoms. The third-order valence-electron chi connectivity index (χ3n) is 11.9. The summed E-state index contributed by atoms with van der Waals surface area (Å²) in [5.41, 5.74) is 13.1. The normalized spacial score (nSPS) is 12.9. The molecule has 0 N–H and O–H groups in total.